The van der Waals surface area contributed by atoms with Crippen molar-refractivity contribution in [3.05, 3.63) is 29.6 Å². The van der Waals surface area contributed by atoms with Gasteiger partial charge in [0.15, 0.2) is 0 Å². The number of nitriles is 1. The fraction of sp³-hybridized carbons (Fsp3) is 0.364. The molecular formula is C11H10N2O2. The molecule has 2 rings (SSSR count). The van der Waals surface area contributed by atoms with Crippen LogP contribution in [0.1, 0.15) is 28.9 Å². The average Bonchev–Trinajstić information content (AvgIpc) is 3.09. The van der Waals surface area contributed by atoms with Gasteiger partial charge >= 0.3 is 5.97 Å². The molecule has 1 heterocycles. The average molecular weight is 202 g/mol. The minimum atomic E-state index is -0.455. The third-order valence-corrected chi connectivity index (χ3v) is 2.67. The van der Waals surface area contributed by atoms with Gasteiger partial charge in [0.05, 0.1) is 18.6 Å². The Labute approximate surface area is 87.5 Å². The second kappa shape index (κ2) is 3.35. The Kier molecular flexibility index (Phi) is 2.16. The molecule has 1 saturated carbocycles. The highest BCUT2D eigenvalue weighted by molar-refractivity contribution is 5.87. The van der Waals surface area contributed by atoms with E-state index in [9.17, 15) is 4.79 Å². The zero-order valence-electron chi connectivity index (χ0n) is 8.36. The lowest BCUT2D eigenvalue weighted by Crippen LogP contribution is -2.07. The fourth-order valence-electron chi connectivity index (χ4n) is 1.49. The lowest BCUT2D eigenvalue weighted by atomic mass is 10.00. The van der Waals surface area contributed by atoms with Crippen molar-refractivity contribution in [2.45, 2.75) is 18.3 Å². The van der Waals surface area contributed by atoms with Gasteiger partial charge in [0.1, 0.15) is 5.69 Å². The summed E-state index contributed by atoms with van der Waals surface area (Å²) in [5.74, 6) is -0.455. The van der Waals surface area contributed by atoms with Crippen LogP contribution < -0.4 is 0 Å². The van der Waals surface area contributed by atoms with E-state index in [4.69, 9.17) is 5.26 Å². The number of hydrogen-bond acceptors (Lipinski definition) is 4. The van der Waals surface area contributed by atoms with E-state index in [1.165, 1.54) is 7.11 Å². The minimum Gasteiger partial charge on any atom is -0.464 e. The van der Waals surface area contributed by atoms with Crippen LogP contribution in [0.2, 0.25) is 0 Å². The van der Waals surface area contributed by atoms with Gasteiger partial charge in [-0.25, -0.2) is 9.78 Å². The highest BCUT2D eigenvalue weighted by Gasteiger charge is 2.45. The maximum absolute atomic E-state index is 11.1. The van der Waals surface area contributed by atoms with Gasteiger partial charge in [0.25, 0.3) is 0 Å². The monoisotopic (exact) mass is 202 g/mol. The molecule has 76 valence electrons. The Morgan fingerprint density at radius 3 is 2.73 bits per heavy atom. The first kappa shape index (κ1) is 9.66. The second-order valence-electron chi connectivity index (χ2n) is 3.62. The zero-order valence-corrected chi connectivity index (χ0v) is 8.36. The van der Waals surface area contributed by atoms with Gasteiger partial charge in [-0.3, -0.25) is 0 Å². The van der Waals surface area contributed by atoms with Gasteiger partial charge in [-0.15, -0.1) is 0 Å². The number of ether oxygens (including phenoxy) is 1. The molecule has 1 aromatic rings. The van der Waals surface area contributed by atoms with Crippen LogP contribution in [0.25, 0.3) is 0 Å². The van der Waals surface area contributed by atoms with Crippen molar-refractivity contribution in [3.8, 4) is 6.07 Å². The van der Waals surface area contributed by atoms with Gasteiger partial charge in [-0.05, 0) is 24.5 Å². The molecule has 4 heteroatoms. The molecule has 0 amide bonds. The Bertz CT molecular complexity index is 427. The predicted octanol–water partition coefficient (Wildman–Crippen LogP) is 1.42. The maximum atomic E-state index is 11.1. The van der Waals surface area contributed by atoms with Crippen LogP contribution in [0.4, 0.5) is 0 Å². The molecule has 0 aromatic carbocycles. The first-order valence-electron chi connectivity index (χ1n) is 4.68. The summed E-state index contributed by atoms with van der Waals surface area (Å²) in [6.45, 7) is 0. The Hall–Kier alpha value is -1.89. The van der Waals surface area contributed by atoms with Crippen LogP contribution in [-0.4, -0.2) is 18.1 Å². The third-order valence-electron chi connectivity index (χ3n) is 2.67. The molecule has 0 atom stereocenters. The van der Waals surface area contributed by atoms with Gasteiger partial charge < -0.3 is 4.74 Å². The molecule has 0 N–H and O–H groups in total. The molecule has 4 nitrogen and oxygen atoms in total. The molecule has 0 saturated heterocycles. The van der Waals surface area contributed by atoms with Gasteiger partial charge in [0, 0.05) is 6.20 Å². The summed E-state index contributed by atoms with van der Waals surface area (Å²) in [6.07, 6.45) is 3.34. The molecule has 1 aliphatic carbocycles. The summed E-state index contributed by atoms with van der Waals surface area (Å²) in [4.78, 5) is 15.1. The van der Waals surface area contributed by atoms with Gasteiger partial charge in [-0.1, -0.05) is 6.07 Å². The molecule has 1 fully saturated rings. The van der Waals surface area contributed by atoms with E-state index in [2.05, 4.69) is 15.8 Å². The van der Waals surface area contributed by atoms with Crippen molar-refractivity contribution in [1.82, 2.24) is 4.98 Å². The number of hydrogen-bond donors (Lipinski definition) is 0. The summed E-state index contributed by atoms with van der Waals surface area (Å²) in [6, 6.07) is 5.64. The summed E-state index contributed by atoms with van der Waals surface area (Å²) in [7, 11) is 1.32. The molecule has 0 spiro atoms. The quantitative estimate of drug-likeness (QED) is 0.680. The maximum Gasteiger partial charge on any atom is 0.356 e. The van der Waals surface area contributed by atoms with Crippen molar-refractivity contribution < 1.29 is 9.53 Å². The normalized spacial score (nSPS) is 16.5. The molecule has 0 radical (unpaired) electrons. The van der Waals surface area contributed by atoms with E-state index in [0.29, 0.717) is 0 Å². The predicted molar refractivity (Wildman–Crippen MR) is 52.1 cm³/mol. The number of carbonyl (C=O) groups excluding carboxylic acids is 1. The smallest absolute Gasteiger partial charge is 0.356 e. The number of methoxy groups -OCH3 is 1. The van der Waals surface area contributed by atoms with Crippen molar-refractivity contribution in [2.75, 3.05) is 7.11 Å². The second-order valence-corrected chi connectivity index (χ2v) is 3.62. The van der Waals surface area contributed by atoms with E-state index < -0.39 is 5.97 Å². The highest BCUT2D eigenvalue weighted by Crippen LogP contribution is 2.47. The molecule has 0 aliphatic heterocycles. The minimum absolute atomic E-state index is 0.273. The summed E-state index contributed by atoms with van der Waals surface area (Å²) < 4.78 is 4.54. The third kappa shape index (κ3) is 1.57. The van der Waals surface area contributed by atoms with Crippen molar-refractivity contribution in [2.24, 2.45) is 0 Å². The van der Waals surface area contributed by atoms with Crippen LogP contribution >= 0.6 is 0 Å². The van der Waals surface area contributed by atoms with E-state index in [1.54, 1.807) is 18.3 Å². The van der Waals surface area contributed by atoms with Crippen LogP contribution in [0.5, 0.6) is 0 Å². The van der Waals surface area contributed by atoms with Crippen LogP contribution in [0.15, 0.2) is 18.3 Å². The number of aromatic nitrogens is 1. The van der Waals surface area contributed by atoms with E-state index in [1.807, 2.05) is 0 Å². The highest BCUT2D eigenvalue weighted by atomic mass is 16.5. The standard InChI is InChI=1S/C11H10N2O2/c1-15-10(14)9-3-2-8(6-13-9)11(7-12)4-5-11/h2-3,6H,4-5H2,1H3. The SMILES string of the molecule is COC(=O)c1ccc(C2(C#N)CC2)cn1. The van der Waals surface area contributed by atoms with Crippen LogP contribution in [-0.2, 0) is 10.2 Å². The van der Waals surface area contributed by atoms with Gasteiger partial charge in [-0.2, -0.15) is 5.26 Å². The molecule has 0 unspecified atom stereocenters. The van der Waals surface area contributed by atoms with E-state index >= 15 is 0 Å². The lowest BCUT2D eigenvalue weighted by molar-refractivity contribution is 0.0594. The number of nitrogens with zero attached hydrogens (tertiary/aromatic N) is 2. The van der Waals surface area contributed by atoms with Crippen LogP contribution in [0, 0.1) is 11.3 Å². The summed E-state index contributed by atoms with van der Waals surface area (Å²) in [5, 5.41) is 8.97. The number of carbonyl (C=O) groups is 1. The molecular weight excluding hydrogens is 192 g/mol. The lowest BCUT2D eigenvalue weighted by Gasteiger charge is -2.05. The first-order valence-corrected chi connectivity index (χ1v) is 4.68. The molecule has 0 bridgehead atoms. The fourth-order valence-corrected chi connectivity index (χ4v) is 1.49. The number of pyridine rings is 1. The Morgan fingerprint density at radius 1 is 1.60 bits per heavy atom. The Morgan fingerprint density at radius 2 is 2.33 bits per heavy atom. The zero-order chi connectivity index (χ0) is 10.9. The summed E-state index contributed by atoms with van der Waals surface area (Å²) in [5.41, 5.74) is 0.814. The number of esters is 1. The molecule has 15 heavy (non-hydrogen) atoms. The van der Waals surface area contributed by atoms with E-state index in [0.717, 1.165) is 18.4 Å². The topological polar surface area (TPSA) is 63.0 Å². The van der Waals surface area contributed by atoms with Crippen molar-refractivity contribution in [1.29, 1.82) is 5.26 Å². The summed E-state index contributed by atoms with van der Waals surface area (Å²) >= 11 is 0. The van der Waals surface area contributed by atoms with E-state index in [-0.39, 0.29) is 11.1 Å². The first-order chi connectivity index (χ1) is 7.22. The molecule has 1 aliphatic rings. The van der Waals surface area contributed by atoms with Gasteiger partial charge in [0.2, 0.25) is 0 Å². The number of rotatable bonds is 2. The molecule has 1 aromatic heterocycles. The largest absolute Gasteiger partial charge is 0.464 e. The van der Waals surface area contributed by atoms with Crippen molar-refractivity contribution in [3.63, 3.8) is 0 Å². The van der Waals surface area contributed by atoms with Crippen LogP contribution in [0.3, 0.4) is 0 Å². The van der Waals surface area contributed by atoms with Crippen molar-refractivity contribution >= 4 is 5.97 Å². The Balaban J connectivity index is 2.26.